The number of nitrogens with one attached hydrogen (secondary N) is 2. The topological polar surface area (TPSA) is 39.7 Å². The van der Waals surface area contributed by atoms with E-state index in [4.69, 9.17) is 0 Å². The van der Waals surface area contributed by atoms with E-state index in [1.165, 1.54) is 51.6 Å². The Morgan fingerprint density at radius 2 is 1.81 bits per heavy atom. The number of hydrogen-bond acceptors (Lipinski definition) is 2. The quantitative estimate of drug-likeness (QED) is 0.533. The molecule has 1 unspecified atom stereocenters. The molecule has 2 rings (SSSR count). The van der Waals surface area contributed by atoms with Crippen molar-refractivity contribution in [2.75, 3.05) is 33.2 Å². The molecule has 0 bridgehead atoms. The van der Waals surface area contributed by atoms with E-state index in [-0.39, 0.29) is 0 Å². The number of guanidine groups is 1. The predicted octanol–water partition coefficient (Wildman–Crippen LogP) is 2.46. The zero-order valence-electron chi connectivity index (χ0n) is 14.2. The largest absolute Gasteiger partial charge is 0.356 e. The maximum atomic E-state index is 4.37. The fourth-order valence-electron chi connectivity index (χ4n) is 3.48. The van der Waals surface area contributed by atoms with Crippen LogP contribution in [0.1, 0.15) is 52.4 Å². The summed E-state index contributed by atoms with van der Waals surface area (Å²) in [6, 6.07) is 0.655. The van der Waals surface area contributed by atoms with Gasteiger partial charge in [0.15, 0.2) is 5.96 Å². The SMILES string of the molecule is CCC(CC)C(CNC(=NC)NCC1CC1)N1CCCC1. The van der Waals surface area contributed by atoms with Crippen molar-refractivity contribution in [2.45, 2.75) is 58.4 Å². The fourth-order valence-corrected chi connectivity index (χ4v) is 3.48. The number of hydrogen-bond donors (Lipinski definition) is 2. The number of nitrogens with zero attached hydrogens (tertiary/aromatic N) is 2. The number of rotatable bonds is 8. The van der Waals surface area contributed by atoms with Gasteiger partial charge in [0.25, 0.3) is 0 Å². The Morgan fingerprint density at radius 1 is 1.14 bits per heavy atom. The highest BCUT2D eigenvalue weighted by molar-refractivity contribution is 5.79. The molecule has 4 nitrogen and oxygen atoms in total. The van der Waals surface area contributed by atoms with E-state index in [9.17, 15) is 0 Å². The smallest absolute Gasteiger partial charge is 0.191 e. The van der Waals surface area contributed by atoms with Crippen molar-refractivity contribution in [1.82, 2.24) is 15.5 Å². The van der Waals surface area contributed by atoms with Crippen molar-refractivity contribution < 1.29 is 0 Å². The Bertz CT molecular complexity index is 313. The highest BCUT2D eigenvalue weighted by Crippen LogP contribution is 2.27. The second-order valence-corrected chi connectivity index (χ2v) is 6.66. The standard InChI is InChI=1S/C17H34N4/c1-4-15(5-2)16(21-10-6-7-11-21)13-20-17(18-3)19-12-14-8-9-14/h14-16H,4-13H2,1-3H3,(H2,18,19,20). The molecule has 2 N–H and O–H groups in total. The number of likely N-dealkylation sites (tertiary alicyclic amines) is 1. The molecule has 4 heteroatoms. The van der Waals surface area contributed by atoms with Gasteiger partial charge in [-0.3, -0.25) is 9.89 Å². The van der Waals surface area contributed by atoms with Gasteiger partial charge in [-0.05, 0) is 50.6 Å². The zero-order valence-corrected chi connectivity index (χ0v) is 14.2. The molecule has 122 valence electrons. The van der Waals surface area contributed by atoms with Crippen LogP contribution in [-0.2, 0) is 0 Å². The average molecular weight is 294 g/mol. The van der Waals surface area contributed by atoms with Crippen molar-refractivity contribution >= 4 is 5.96 Å². The van der Waals surface area contributed by atoms with Crippen LogP contribution in [0.5, 0.6) is 0 Å². The molecule has 1 aliphatic carbocycles. The predicted molar refractivity (Wildman–Crippen MR) is 90.8 cm³/mol. The molecule has 0 aromatic rings. The van der Waals surface area contributed by atoms with Crippen LogP contribution in [0.4, 0.5) is 0 Å². The highest BCUT2D eigenvalue weighted by atomic mass is 15.2. The molecule has 0 radical (unpaired) electrons. The van der Waals surface area contributed by atoms with Gasteiger partial charge in [0.05, 0.1) is 0 Å². The Hall–Kier alpha value is -0.770. The third kappa shape index (κ3) is 5.17. The lowest BCUT2D eigenvalue weighted by Gasteiger charge is -2.34. The first-order valence-corrected chi connectivity index (χ1v) is 8.97. The van der Waals surface area contributed by atoms with E-state index in [0.29, 0.717) is 6.04 Å². The minimum atomic E-state index is 0.655. The average Bonchev–Trinajstić information content (AvgIpc) is 3.18. The van der Waals surface area contributed by atoms with Crippen LogP contribution >= 0.6 is 0 Å². The van der Waals surface area contributed by atoms with E-state index in [2.05, 4.69) is 34.4 Å². The van der Waals surface area contributed by atoms with E-state index in [0.717, 1.165) is 30.9 Å². The molecule has 1 heterocycles. The third-order valence-electron chi connectivity index (χ3n) is 5.16. The van der Waals surface area contributed by atoms with E-state index < -0.39 is 0 Å². The van der Waals surface area contributed by atoms with Crippen LogP contribution in [0.2, 0.25) is 0 Å². The van der Waals surface area contributed by atoms with E-state index in [1.54, 1.807) is 0 Å². The summed E-state index contributed by atoms with van der Waals surface area (Å²) in [7, 11) is 1.88. The Morgan fingerprint density at radius 3 is 2.33 bits per heavy atom. The summed E-state index contributed by atoms with van der Waals surface area (Å²) in [6.45, 7) is 9.32. The van der Waals surface area contributed by atoms with Crippen LogP contribution < -0.4 is 10.6 Å². The molecule has 1 saturated carbocycles. The van der Waals surface area contributed by atoms with Gasteiger partial charge >= 0.3 is 0 Å². The third-order valence-corrected chi connectivity index (χ3v) is 5.16. The maximum absolute atomic E-state index is 4.37. The molecule has 1 atom stereocenters. The van der Waals surface area contributed by atoms with Crippen molar-refractivity contribution in [3.8, 4) is 0 Å². The molecular weight excluding hydrogens is 260 g/mol. The van der Waals surface area contributed by atoms with Crippen molar-refractivity contribution in [2.24, 2.45) is 16.8 Å². The van der Waals surface area contributed by atoms with Crippen LogP contribution in [0, 0.1) is 11.8 Å². The zero-order chi connectivity index (χ0) is 15.1. The highest BCUT2D eigenvalue weighted by Gasteiger charge is 2.27. The minimum absolute atomic E-state index is 0.655. The van der Waals surface area contributed by atoms with Crippen molar-refractivity contribution in [3.05, 3.63) is 0 Å². The maximum Gasteiger partial charge on any atom is 0.191 e. The van der Waals surface area contributed by atoms with Gasteiger partial charge in [-0.2, -0.15) is 0 Å². The lowest BCUT2D eigenvalue weighted by molar-refractivity contribution is 0.166. The second kappa shape index (κ2) is 8.62. The molecule has 1 aliphatic heterocycles. The summed E-state index contributed by atoms with van der Waals surface area (Å²) >= 11 is 0. The van der Waals surface area contributed by atoms with Gasteiger partial charge < -0.3 is 10.6 Å². The van der Waals surface area contributed by atoms with Gasteiger partial charge in [0, 0.05) is 26.2 Å². The molecule has 2 aliphatic rings. The van der Waals surface area contributed by atoms with Crippen LogP contribution in [0.25, 0.3) is 0 Å². The molecule has 0 amide bonds. The normalized spacial score (nSPS) is 21.8. The summed E-state index contributed by atoms with van der Waals surface area (Å²) in [5.41, 5.74) is 0. The summed E-state index contributed by atoms with van der Waals surface area (Å²) in [5.74, 6) is 2.66. The van der Waals surface area contributed by atoms with Crippen LogP contribution in [0.3, 0.4) is 0 Å². The molecule has 0 spiro atoms. The molecule has 1 saturated heterocycles. The van der Waals surface area contributed by atoms with E-state index in [1.807, 2.05) is 7.05 Å². The van der Waals surface area contributed by atoms with Crippen molar-refractivity contribution in [3.63, 3.8) is 0 Å². The van der Waals surface area contributed by atoms with Gasteiger partial charge in [-0.1, -0.05) is 26.7 Å². The van der Waals surface area contributed by atoms with Gasteiger partial charge in [-0.25, -0.2) is 0 Å². The van der Waals surface area contributed by atoms with Crippen LogP contribution in [-0.4, -0.2) is 50.1 Å². The monoisotopic (exact) mass is 294 g/mol. The summed E-state index contributed by atoms with van der Waals surface area (Å²) in [4.78, 5) is 7.07. The Balaban J connectivity index is 1.83. The molecule has 21 heavy (non-hydrogen) atoms. The van der Waals surface area contributed by atoms with Gasteiger partial charge in [0.1, 0.15) is 0 Å². The Kier molecular flexibility index (Phi) is 6.81. The van der Waals surface area contributed by atoms with Gasteiger partial charge in [-0.15, -0.1) is 0 Å². The lowest BCUT2D eigenvalue weighted by atomic mass is 9.93. The summed E-state index contributed by atoms with van der Waals surface area (Å²) < 4.78 is 0. The van der Waals surface area contributed by atoms with Gasteiger partial charge in [0.2, 0.25) is 0 Å². The Labute approximate surface area is 130 Å². The summed E-state index contributed by atoms with van der Waals surface area (Å²) in [6.07, 6.45) is 8.04. The second-order valence-electron chi connectivity index (χ2n) is 6.66. The molecule has 0 aromatic heterocycles. The van der Waals surface area contributed by atoms with Crippen LogP contribution in [0.15, 0.2) is 4.99 Å². The summed E-state index contributed by atoms with van der Waals surface area (Å²) in [5, 5.41) is 7.05. The number of aliphatic imine (C=N–C) groups is 1. The molecule has 2 fully saturated rings. The van der Waals surface area contributed by atoms with Crippen molar-refractivity contribution in [1.29, 1.82) is 0 Å². The first kappa shape index (κ1) is 16.6. The molecular formula is C17H34N4. The molecule has 0 aromatic carbocycles. The minimum Gasteiger partial charge on any atom is -0.356 e. The fraction of sp³-hybridized carbons (Fsp3) is 0.941. The van der Waals surface area contributed by atoms with E-state index >= 15 is 0 Å². The first-order chi connectivity index (χ1) is 10.3. The lowest BCUT2D eigenvalue weighted by Crippen LogP contribution is -2.49. The first-order valence-electron chi connectivity index (χ1n) is 8.97.